The lowest BCUT2D eigenvalue weighted by Crippen LogP contribution is -2.35. The number of cyclic esters (lactones) is 1. The second-order valence-electron chi connectivity index (χ2n) is 7.81. The molecule has 178 valence electrons. The maximum absolute atomic E-state index is 12.4. The summed E-state index contributed by atoms with van der Waals surface area (Å²) in [6, 6.07) is 14.0. The van der Waals surface area contributed by atoms with E-state index >= 15 is 0 Å². The number of oxazole rings is 1. The maximum Gasteiger partial charge on any atom is 0.471 e. The Morgan fingerprint density at radius 1 is 1.26 bits per heavy atom. The van der Waals surface area contributed by atoms with Crippen LogP contribution in [-0.2, 0) is 16.0 Å². The highest BCUT2D eigenvalue weighted by atomic mass is 35.5. The Balaban J connectivity index is 1.37. The second kappa shape index (κ2) is 9.38. The van der Waals surface area contributed by atoms with Crippen LogP contribution in [0.3, 0.4) is 0 Å². The van der Waals surface area contributed by atoms with E-state index in [4.69, 9.17) is 20.8 Å². The highest BCUT2D eigenvalue weighted by molar-refractivity contribution is 6.30. The zero-order valence-electron chi connectivity index (χ0n) is 17.8. The number of rotatable bonds is 6. The van der Waals surface area contributed by atoms with Gasteiger partial charge in [0.2, 0.25) is 11.8 Å². The van der Waals surface area contributed by atoms with Crippen molar-refractivity contribution < 1.29 is 31.9 Å². The van der Waals surface area contributed by atoms with Gasteiger partial charge in [-0.15, -0.1) is 0 Å². The minimum atomic E-state index is -5.03. The molecular weight excluding hydrogens is 475 g/mol. The molecule has 3 aromatic rings. The monoisotopic (exact) mass is 493 g/mol. The number of aromatic nitrogens is 1. The van der Waals surface area contributed by atoms with Crippen LogP contribution in [0.25, 0.3) is 11.5 Å². The average Bonchev–Trinajstić information content (AvgIpc) is 3.40. The third-order valence-corrected chi connectivity index (χ3v) is 5.56. The SMILES string of the molecule is C[C@@H](Cc1ccc(-c2ncc(NC(=O)C(F)(F)F)o2)cc1)N1C[C@@H](c2cccc(Cl)c2)OC1=O. The van der Waals surface area contributed by atoms with Crippen molar-refractivity contribution in [2.24, 2.45) is 0 Å². The average molecular weight is 494 g/mol. The Hall–Kier alpha value is -3.53. The summed E-state index contributed by atoms with van der Waals surface area (Å²) in [5.41, 5.74) is 2.27. The van der Waals surface area contributed by atoms with E-state index < -0.39 is 30.2 Å². The van der Waals surface area contributed by atoms with Gasteiger partial charge in [0.1, 0.15) is 6.10 Å². The predicted octanol–water partition coefficient (Wildman–Crippen LogP) is 5.62. The van der Waals surface area contributed by atoms with Crippen molar-refractivity contribution in [3.8, 4) is 11.5 Å². The van der Waals surface area contributed by atoms with Gasteiger partial charge in [0.05, 0.1) is 12.7 Å². The van der Waals surface area contributed by atoms with Crippen molar-refractivity contribution in [2.75, 3.05) is 11.9 Å². The third kappa shape index (κ3) is 5.33. The summed E-state index contributed by atoms with van der Waals surface area (Å²) in [7, 11) is 0. The van der Waals surface area contributed by atoms with Gasteiger partial charge in [-0.05, 0) is 48.7 Å². The first kappa shape index (κ1) is 23.6. The number of nitrogens with zero attached hydrogens (tertiary/aromatic N) is 2. The number of anilines is 1. The van der Waals surface area contributed by atoms with Crippen molar-refractivity contribution in [3.05, 3.63) is 70.9 Å². The van der Waals surface area contributed by atoms with Crippen molar-refractivity contribution in [2.45, 2.75) is 31.7 Å². The largest absolute Gasteiger partial charge is 0.471 e. The number of nitrogens with one attached hydrogen (secondary N) is 1. The van der Waals surface area contributed by atoms with Gasteiger partial charge in [-0.1, -0.05) is 35.9 Å². The van der Waals surface area contributed by atoms with Gasteiger partial charge in [0, 0.05) is 16.6 Å². The summed E-state index contributed by atoms with van der Waals surface area (Å²) in [5.74, 6) is -2.49. The quantitative estimate of drug-likeness (QED) is 0.482. The lowest BCUT2D eigenvalue weighted by atomic mass is 10.0. The normalized spacial score (nSPS) is 16.9. The molecule has 0 bridgehead atoms. The van der Waals surface area contributed by atoms with Crippen LogP contribution in [0.1, 0.15) is 24.2 Å². The highest BCUT2D eigenvalue weighted by Crippen LogP contribution is 2.30. The van der Waals surface area contributed by atoms with E-state index in [9.17, 15) is 22.8 Å². The lowest BCUT2D eigenvalue weighted by Gasteiger charge is -2.22. The lowest BCUT2D eigenvalue weighted by molar-refractivity contribution is -0.167. The number of benzene rings is 2. The molecule has 2 heterocycles. The molecule has 0 spiro atoms. The molecule has 1 N–H and O–H groups in total. The first-order chi connectivity index (χ1) is 16.1. The van der Waals surface area contributed by atoms with Gasteiger partial charge in [-0.25, -0.2) is 9.78 Å². The number of amides is 2. The van der Waals surface area contributed by atoms with Gasteiger partial charge in [0.25, 0.3) is 0 Å². The van der Waals surface area contributed by atoms with Crippen molar-refractivity contribution in [1.29, 1.82) is 0 Å². The number of carbonyl (C=O) groups is 2. The molecule has 1 aromatic heterocycles. The van der Waals surface area contributed by atoms with Crippen molar-refractivity contribution in [3.63, 3.8) is 0 Å². The van der Waals surface area contributed by atoms with Gasteiger partial charge in [0.15, 0.2) is 0 Å². The second-order valence-corrected chi connectivity index (χ2v) is 8.25. The van der Waals surface area contributed by atoms with Gasteiger partial charge in [-0.3, -0.25) is 10.1 Å². The van der Waals surface area contributed by atoms with E-state index in [-0.39, 0.29) is 11.9 Å². The number of halogens is 4. The molecule has 34 heavy (non-hydrogen) atoms. The van der Waals surface area contributed by atoms with Crippen LogP contribution in [0.15, 0.2) is 59.1 Å². The molecule has 1 fully saturated rings. The summed E-state index contributed by atoms with van der Waals surface area (Å²) in [4.78, 5) is 29.0. The molecule has 2 atom stereocenters. The number of alkyl halides is 3. The number of hydrogen-bond acceptors (Lipinski definition) is 5. The molecule has 2 aromatic carbocycles. The van der Waals surface area contributed by atoms with E-state index in [2.05, 4.69) is 4.98 Å². The molecule has 1 aliphatic heterocycles. The van der Waals surface area contributed by atoms with Crippen LogP contribution < -0.4 is 5.32 Å². The van der Waals surface area contributed by atoms with Gasteiger partial charge >= 0.3 is 18.2 Å². The Morgan fingerprint density at radius 3 is 2.68 bits per heavy atom. The fourth-order valence-corrected chi connectivity index (χ4v) is 3.80. The van der Waals surface area contributed by atoms with Crippen LogP contribution >= 0.6 is 11.6 Å². The van der Waals surface area contributed by atoms with Crippen LogP contribution in [0.5, 0.6) is 0 Å². The first-order valence-electron chi connectivity index (χ1n) is 10.3. The molecule has 11 heteroatoms. The Labute approximate surface area is 197 Å². The number of carbonyl (C=O) groups excluding carboxylic acids is 2. The molecule has 2 amide bonds. The Morgan fingerprint density at radius 2 is 2.00 bits per heavy atom. The van der Waals surface area contributed by atoms with E-state index in [1.807, 2.05) is 13.0 Å². The zero-order chi connectivity index (χ0) is 24.5. The number of ether oxygens (including phenoxy) is 1. The fraction of sp³-hybridized carbons (Fsp3) is 0.261. The van der Waals surface area contributed by atoms with Crippen LogP contribution in [0.2, 0.25) is 5.02 Å². The summed E-state index contributed by atoms with van der Waals surface area (Å²) in [6.45, 7) is 2.32. The summed E-state index contributed by atoms with van der Waals surface area (Å²) in [5, 5.41) is 2.18. The molecule has 1 aliphatic rings. The van der Waals surface area contributed by atoms with E-state index in [0.29, 0.717) is 23.6 Å². The first-order valence-corrected chi connectivity index (χ1v) is 10.6. The maximum atomic E-state index is 12.4. The molecule has 0 aliphatic carbocycles. The molecule has 0 unspecified atom stereocenters. The van der Waals surface area contributed by atoms with Crippen molar-refractivity contribution >= 4 is 29.5 Å². The van der Waals surface area contributed by atoms with Crippen LogP contribution in [0.4, 0.5) is 23.8 Å². The zero-order valence-corrected chi connectivity index (χ0v) is 18.6. The summed E-state index contributed by atoms with van der Waals surface area (Å²) < 4.78 is 47.8. The minimum absolute atomic E-state index is 0.0598. The summed E-state index contributed by atoms with van der Waals surface area (Å²) in [6.07, 6.45) is -4.27. The van der Waals surface area contributed by atoms with E-state index in [0.717, 1.165) is 17.3 Å². The molecule has 0 saturated carbocycles. The standard InChI is InChI=1S/C23H19ClF3N3O4/c1-13(30-12-18(33-22(30)32)16-3-2-4-17(24)10-16)9-14-5-7-15(8-6-14)20-28-11-19(34-20)29-21(31)23(25,26)27/h2-8,10-11,13,18H,9,12H2,1H3,(H,29,31)/t13-,18-/m0/s1. The Bertz CT molecular complexity index is 1200. The molecule has 1 saturated heterocycles. The molecule has 4 rings (SSSR count). The molecular formula is C23H19ClF3N3O4. The van der Waals surface area contributed by atoms with E-state index in [1.54, 1.807) is 52.7 Å². The van der Waals surface area contributed by atoms with E-state index in [1.165, 1.54) is 0 Å². The predicted molar refractivity (Wildman–Crippen MR) is 117 cm³/mol. The fourth-order valence-electron chi connectivity index (χ4n) is 3.60. The smallest absolute Gasteiger partial charge is 0.439 e. The van der Waals surface area contributed by atoms with Crippen molar-refractivity contribution in [1.82, 2.24) is 9.88 Å². The summed E-state index contributed by atoms with van der Waals surface area (Å²) >= 11 is 6.04. The van der Waals surface area contributed by atoms with Gasteiger partial charge in [-0.2, -0.15) is 13.2 Å². The highest BCUT2D eigenvalue weighted by Gasteiger charge is 2.39. The van der Waals surface area contributed by atoms with Crippen LogP contribution in [0, 0.1) is 0 Å². The molecule has 7 nitrogen and oxygen atoms in total. The number of hydrogen-bond donors (Lipinski definition) is 1. The Kier molecular flexibility index (Phi) is 6.52. The third-order valence-electron chi connectivity index (χ3n) is 5.32. The minimum Gasteiger partial charge on any atom is -0.439 e. The molecule has 0 radical (unpaired) electrons. The van der Waals surface area contributed by atoms with Gasteiger partial charge < -0.3 is 14.1 Å². The van der Waals surface area contributed by atoms with Crippen LogP contribution in [-0.4, -0.2) is 40.6 Å². The topological polar surface area (TPSA) is 84.7 Å².